The second-order valence-electron chi connectivity index (χ2n) is 8.44. The van der Waals surface area contributed by atoms with Crippen LogP contribution in [0.15, 0.2) is 21.7 Å². The quantitative estimate of drug-likeness (QED) is 0.774. The molecule has 0 spiro atoms. The maximum absolute atomic E-state index is 12.8. The topological polar surface area (TPSA) is 85.6 Å². The summed E-state index contributed by atoms with van der Waals surface area (Å²) in [6, 6.07) is 3.72. The van der Waals surface area contributed by atoms with E-state index in [0.29, 0.717) is 55.4 Å². The van der Waals surface area contributed by atoms with Gasteiger partial charge in [0.2, 0.25) is 5.91 Å². The smallest absolute Gasteiger partial charge is 0.316 e. The maximum atomic E-state index is 12.8. The van der Waals surface area contributed by atoms with E-state index in [-0.39, 0.29) is 5.91 Å². The Balaban J connectivity index is 1.74. The molecule has 0 radical (unpaired) electrons. The Kier molecular flexibility index (Phi) is 5.94. The molecule has 30 heavy (non-hydrogen) atoms. The van der Waals surface area contributed by atoms with E-state index in [4.69, 9.17) is 4.74 Å². The number of nitrogens with zero attached hydrogens (tertiary/aromatic N) is 3. The number of benzene rings is 1. The van der Waals surface area contributed by atoms with Crippen molar-refractivity contribution in [3.05, 3.63) is 32.8 Å². The van der Waals surface area contributed by atoms with Gasteiger partial charge in [-0.1, -0.05) is 19.3 Å². The van der Waals surface area contributed by atoms with Gasteiger partial charge >= 0.3 is 11.1 Å². The van der Waals surface area contributed by atoms with Crippen molar-refractivity contribution < 1.29 is 9.53 Å². The van der Waals surface area contributed by atoms with Gasteiger partial charge in [0.1, 0.15) is 0 Å². The van der Waals surface area contributed by atoms with Crippen LogP contribution in [0.3, 0.4) is 0 Å². The largest absolute Gasteiger partial charge is 0.378 e. The predicted octanol–water partition coefficient (Wildman–Crippen LogP) is 1.98. The zero-order valence-electron chi connectivity index (χ0n) is 17.8. The predicted molar refractivity (Wildman–Crippen MR) is 117 cm³/mol. The van der Waals surface area contributed by atoms with Gasteiger partial charge in [0, 0.05) is 33.6 Å². The van der Waals surface area contributed by atoms with Crippen molar-refractivity contribution in [2.24, 2.45) is 20.0 Å². The van der Waals surface area contributed by atoms with Gasteiger partial charge in [-0.05, 0) is 30.9 Å². The highest BCUT2D eigenvalue weighted by atomic mass is 16.5. The number of carbonyl (C=O) groups is 1. The highest BCUT2D eigenvalue weighted by Gasteiger charge is 2.22. The van der Waals surface area contributed by atoms with E-state index in [1.165, 1.54) is 28.4 Å². The first-order chi connectivity index (χ1) is 14.5. The van der Waals surface area contributed by atoms with Crippen molar-refractivity contribution in [3.63, 3.8) is 0 Å². The second kappa shape index (κ2) is 8.63. The number of morpholine rings is 1. The van der Waals surface area contributed by atoms with Crippen LogP contribution in [0.2, 0.25) is 0 Å². The molecule has 8 heteroatoms. The van der Waals surface area contributed by atoms with Crippen LogP contribution in [-0.2, 0) is 23.6 Å². The van der Waals surface area contributed by atoms with E-state index in [0.717, 1.165) is 18.5 Å². The van der Waals surface area contributed by atoms with Gasteiger partial charge in [-0.2, -0.15) is 0 Å². The first-order valence-corrected chi connectivity index (χ1v) is 10.8. The molecule has 0 bridgehead atoms. The Labute approximate surface area is 175 Å². The third-order valence-corrected chi connectivity index (χ3v) is 6.43. The summed E-state index contributed by atoms with van der Waals surface area (Å²) in [5, 5.41) is 3.10. The maximum Gasteiger partial charge on any atom is 0.316 e. The van der Waals surface area contributed by atoms with Crippen molar-refractivity contribution in [1.29, 1.82) is 0 Å². The van der Waals surface area contributed by atoms with Crippen molar-refractivity contribution >= 4 is 28.3 Å². The average Bonchev–Trinajstić information content (AvgIpc) is 2.77. The van der Waals surface area contributed by atoms with Crippen LogP contribution in [0.5, 0.6) is 0 Å². The molecule has 2 heterocycles. The number of aromatic nitrogens is 2. The Morgan fingerprint density at radius 1 is 1.00 bits per heavy atom. The van der Waals surface area contributed by atoms with Gasteiger partial charge in [-0.25, -0.2) is 0 Å². The minimum absolute atomic E-state index is 0.00517. The monoisotopic (exact) mass is 414 g/mol. The molecule has 1 aliphatic heterocycles. The van der Waals surface area contributed by atoms with E-state index >= 15 is 0 Å². The number of rotatable bonds is 4. The van der Waals surface area contributed by atoms with Gasteiger partial charge in [0.15, 0.2) is 0 Å². The normalized spacial score (nSPS) is 18.0. The van der Waals surface area contributed by atoms with Crippen LogP contribution in [0.25, 0.3) is 11.0 Å². The second-order valence-corrected chi connectivity index (χ2v) is 8.44. The van der Waals surface area contributed by atoms with Gasteiger partial charge in [-0.3, -0.25) is 14.4 Å². The zero-order chi connectivity index (χ0) is 21.3. The Morgan fingerprint density at radius 3 is 2.23 bits per heavy atom. The number of fused-ring (bicyclic) bond motifs is 1. The lowest BCUT2D eigenvalue weighted by atomic mass is 9.87. The number of hydrogen-bond donors (Lipinski definition) is 1. The fourth-order valence-electron chi connectivity index (χ4n) is 4.63. The lowest BCUT2D eigenvalue weighted by Crippen LogP contribution is -2.40. The highest BCUT2D eigenvalue weighted by molar-refractivity contribution is 5.98. The lowest BCUT2D eigenvalue weighted by Gasteiger charge is -2.31. The van der Waals surface area contributed by atoms with E-state index in [1.807, 2.05) is 12.1 Å². The fraction of sp³-hybridized carbons (Fsp3) is 0.591. The standard InChI is InChI=1S/C22H30N4O4/c1-24-18-13-16(23-20(27)12-15-6-4-3-5-7-15)17(26-8-10-30-11-9-26)14-19(18)25(2)22(29)21(24)28/h13-15H,3-12H2,1-2H3,(H,23,27). The summed E-state index contributed by atoms with van der Waals surface area (Å²) in [7, 11) is 3.20. The van der Waals surface area contributed by atoms with Crippen LogP contribution >= 0.6 is 0 Å². The molecule has 4 rings (SSSR count). The molecule has 0 atom stereocenters. The van der Waals surface area contributed by atoms with Gasteiger partial charge in [-0.15, -0.1) is 0 Å². The third kappa shape index (κ3) is 4.01. The Morgan fingerprint density at radius 2 is 1.60 bits per heavy atom. The molecule has 1 aromatic heterocycles. The van der Waals surface area contributed by atoms with E-state index in [1.54, 1.807) is 14.1 Å². The average molecular weight is 415 g/mol. The van der Waals surface area contributed by atoms with Crippen LogP contribution in [0.1, 0.15) is 38.5 Å². The number of anilines is 2. The summed E-state index contributed by atoms with van der Waals surface area (Å²) in [6.07, 6.45) is 6.39. The third-order valence-electron chi connectivity index (χ3n) is 6.43. The van der Waals surface area contributed by atoms with Gasteiger partial charge in [0.25, 0.3) is 0 Å². The molecule has 1 saturated carbocycles. The molecule has 0 unspecified atom stereocenters. The van der Waals surface area contributed by atoms with E-state index < -0.39 is 11.1 Å². The molecular weight excluding hydrogens is 384 g/mol. The molecule has 1 saturated heterocycles. The lowest BCUT2D eigenvalue weighted by molar-refractivity contribution is -0.117. The summed E-state index contributed by atoms with van der Waals surface area (Å²) >= 11 is 0. The number of carbonyl (C=O) groups excluding carboxylic acids is 1. The molecule has 1 aliphatic carbocycles. The Hall–Kier alpha value is -2.61. The van der Waals surface area contributed by atoms with Crippen LogP contribution in [0, 0.1) is 5.92 Å². The number of ether oxygens (including phenoxy) is 1. The molecule has 8 nitrogen and oxygen atoms in total. The van der Waals surface area contributed by atoms with Crippen LogP contribution in [0.4, 0.5) is 11.4 Å². The highest BCUT2D eigenvalue weighted by Crippen LogP contribution is 2.32. The molecule has 2 aromatic rings. The molecule has 1 amide bonds. The number of nitrogens with one attached hydrogen (secondary N) is 1. The fourth-order valence-corrected chi connectivity index (χ4v) is 4.63. The summed E-state index contributed by atoms with van der Waals surface area (Å²) in [4.78, 5) is 39.6. The summed E-state index contributed by atoms with van der Waals surface area (Å²) in [6.45, 7) is 2.63. The Bertz CT molecular complexity index is 1060. The summed E-state index contributed by atoms with van der Waals surface area (Å²) in [5.41, 5.74) is 1.67. The SMILES string of the molecule is Cn1c(=O)c(=O)n(C)c2cc(N3CCOCC3)c(NC(=O)CC3CCCCC3)cc21. The number of aryl methyl sites for hydroxylation is 2. The molecule has 162 valence electrons. The van der Waals surface area contributed by atoms with Crippen molar-refractivity contribution in [1.82, 2.24) is 9.13 Å². The number of hydrogen-bond acceptors (Lipinski definition) is 5. The minimum Gasteiger partial charge on any atom is -0.378 e. The van der Waals surface area contributed by atoms with Crippen molar-refractivity contribution in [2.45, 2.75) is 38.5 Å². The van der Waals surface area contributed by atoms with E-state index in [9.17, 15) is 14.4 Å². The molecule has 1 N–H and O–H groups in total. The van der Waals surface area contributed by atoms with Gasteiger partial charge in [0.05, 0.1) is 35.6 Å². The van der Waals surface area contributed by atoms with Crippen LogP contribution in [-0.4, -0.2) is 41.3 Å². The molecule has 2 fully saturated rings. The summed E-state index contributed by atoms with van der Waals surface area (Å²) in [5.74, 6) is 0.446. The minimum atomic E-state index is -0.580. The molecule has 1 aromatic carbocycles. The van der Waals surface area contributed by atoms with Crippen molar-refractivity contribution in [2.75, 3.05) is 36.5 Å². The van der Waals surface area contributed by atoms with E-state index in [2.05, 4.69) is 10.2 Å². The van der Waals surface area contributed by atoms with Crippen LogP contribution < -0.4 is 21.3 Å². The van der Waals surface area contributed by atoms with Crippen molar-refractivity contribution in [3.8, 4) is 0 Å². The first-order valence-electron chi connectivity index (χ1n) is 10.8. The molecular formula is C22H30N4O4. The zero-order valence-corrected chi connectivity index (χ0v) is 17.8. The molecule has 2 aliphatic rings. The first kappa shape index (κ1) is 20.7. The number of amides is 1. The summed E-state index contributed by atoms with van der Waals surface area (Å²) < 4.78 is 8.22. The van der Waals surface area contributed by atoms with Gasteiger partial charge < -0.3 is 24.1 Å².